The number of hydrogen-bond acceptors (Lipinski definition) is 5. The second kappa shape index (κ2) is 7.39. The number of aliphatic hydroxyl groups is 1. The quantitative estimate of drug-likeness (QED) is 0.787. The monoisotopic (exact) mass is 376 g/mol. The minimum atomic E-state index is -0.371. The predicted molar refractivity (Wildman–Crippen MR) is 98.0 cm³/mol. The molecule has 1 N–H and O–H groups in total. The van der Waals surface area contributed by atoms with Crippen LogP contribution >= 0.6 is 22.9 Å². The highest BCUT2D eigenvalue weighted by Crippen LogP contribution is 2.34. The van der Waals surface area contributed by atoms with Crippen molar-refractivity contribution in [2.75, 3.05) is 20.2 Å². The topological polar surface area (TPSA) is 60.9 Å². The summed E-state index contributed by atoms with van der Waals surface area (Å²) in [5, 5.41) is 11.6. The van der Waals surface area contributed by atoms with E-state index in [9.17, 15) is 14.7 Å². The third-order valence-electron chi connectivity index (χ3n) is 4.01. The third-order valence-corrected chi connectivity index (χ3v) is 5.27. The van der Waals surface area contributed by atoms with Crippen molar-refractivity contribution in [3.05, 3.63) is 62.9 Å². The molecule has 1 aromatic heterocycles. The average Bonchev–Trinajstić information content (AvgIpc) is 3.19. The Morgan fingerprint density at radius 2 is 1.92 bits per heavy atom. The van der Waals surface area contributed by atoms with Gasteiger partial charge in [-0.3, -0.25) is 14.5 Å². The normalized spacial score (nSPS) is 14.6. The van der Waals surface area contributed by atoms with Crippen molar-refractivity contribution in [1.82, 2.24) is 9.80 Å². The van der Waals surface area contributed by atoms with Gasteiger partial charge in [0.2, 0.25) is 0 Å². The molecule has 1 aliphatic rings. The van der Waals surface area contributed by atoms with Gasteiger partial charge in [0, 0.05) is 23.5 Å². The van der Waals surface area contributed by atoms with Gasteiger partial charge in [0.05, 0.1) is 18.7 Å². The number of thiophene rings is 1. The van der Waals surface area contributed by atoms with E-state index in [2.05, 4.69) is 0 Å². The van der Waals surface area contributed by atoms with Crippen molar-refractivity contribution in [3.63, 3.8) is 0 Å². The number of carbonyl (C=O) groups is 2. The lowest BCUT2D eigenvalue weighted by Gasteiger charge is -2.20. The number of hydrogen-bond donors (Lipinski definition) is 1. The first-order valence-corrected chi connectivity index (χ1v) is 9.00. The molecule has 0 spiro atoms. The van der Waals surface area contributed by atoms with Gasteiger partial charge in [-0.25, -0.2) is 0 Å². The van der Waals surface area contributed by atoms with Crippen LogP contribution in [0.5, 0.6) is 0 Å². The number of carbonyl (C=O) groups excluding carboxylic acids is 2. The molecule has 0 fully saturated rings. The first-order chi connectivity index (χ1) is 12.0. The molecule has 7 heteroatoms. The van der Waals surface area contributed by atoms with Crippen LogP contribution < -0.4 is 0 Å². The summed E-state index contributed by atoms with van der Waals surface area (Å²) in [7, 11) is 1.70. The van der Waals surface area contributed by atoms with Crippen LogP contribution in [0, 0.1) is 0 Å². The fourth-order valence-corrected chi connectivity index (χ4v) is 3.72. The lowest BCUT2D eigenvalue weighted by atomic mass is 10.1. The molecule has 3 rings (SSSR count). The fourth-order valence-electron chi connectivity index (χ4n) is 2.76. The summed E-state index contributed by atoms with van der Waals surface area (Å²) in [5.74, 6) is -0.712. The highest BCUT2D eigenvalue weighted by atomic mass is 35.5. The number of benzene rings is 1. The van der Waals surface area contributed by atoms with Gasteiger partial charge in [0.25, 0.3) is 11.8 Å². The van der Waals surface area contributed by atoms with Crippen LogP contribution in [0.4, 0.5) is 0 Å². The number of likely N-dealkylation sites (N-methyl/N-ethyl adjacent to an activating group) is 1. The van der Waals surface area contributed by atoms with E-state index < -0.39 is 0 Å². The minimum absolute atomic E-state index is 0.107. The largest absolute Gasteiger partial charge is 0.395 e. The molecule has 25 heavy (non-hydrogen) atoms. The number of halogens is 1. The van der Waals surface area contributed by atoms with Gasteiger partial charge >= 0.3 is 0 Å². The SMILES string of the molecule is CN(CCO)C1=C(c2cccs2)C(=O)N(Cc2ccccc2Cl)C1=O. The molecule has 0 atom stereocenters. The summed E-state index contributed by atoms with van der Waals surface area (Å²) in [5.41, 5.74) is 1.40. The Morgan fingerprint density at radius 3 is 2.56 bits per heavy atom. The summed E-state index contributed by atoms with van der Waals surface area (Å²) in [6, 6.07) is 10.8. The van der Waals surface area contributed by atoms with E-state index >= 15 is 0 Å². The molecular formula is C18H17ClN2O3S. The molecule has 2 heterocycles. The van der Waals surface area contributed by atoms with Crippen molar-refractivity contribution in [2.45, 2.75) is 6.54 Å². The first kappa shape index (κ1) is 17.7. The van der Waals surface area contributed by atoms with Gasteiger partial charge in [-0.05, 0) is 23.1 Å². The lowest BCUT2D eigenvalue weighted by Crippen LogP contribution is -2.34. The zero-order valence-electron chi connectivity index (χ0n) is 13.6. The number of aliphatic hydroxyl groups excluding tert-OH is 1. The molecule has 130 valence electrons. The first-order valence-electron chi connectivity index (χ1n) is 7.74. The molecule has 0 saturated heterocycles. The molecule has 0 unspecified atom stereocenters. The van der Waals surface area contributed by atoms with E-state index in [0.29, 0.717) is 21.9 Å². The van der Waals surface area contributed by atoms with Crippen molar-refractivity contribution < 1.29 is 14.7 Å². The smallest absolute Gasteiger partial charge is 0.278 e. The number of rotatable bonds is 6. The van der Waals surface area contributed by atoms with Crippen LogP contribution in [0.3, 0.4) is 0 Å². The maximum atomic E-state index is 13.0. The average molecular weight is 377 g/mol. The van der Waals surface area contributed by atoms with Crippen molar-refractivity contribution >= 4 is 40.3 Å². The van der Waals surface area contributed by atoms with Gasteiger partial charge in [0.15, 0.2) is 0 Å². The third kappa shape index (κ3) is 3.33. The van der Waals surface area contributed by atoms with Gasteiger partial charge in [-0.1, -0.05) is 35.9 Å². The zero-order valence-corrected chi connectivity index (χ0v) is 15.2. The Bertz CT molecular complexity index is 833. The second-order valence-electron chi connectivity index (χ2n) is 5.63. The van der Waals surface area contributed by atoms with Crippen molar-refractivity contribution in [3.8, 4) is 0 Å². The Labute approximate surface area is 154 Å². The predicted octanol–water partition coefficient (Wildman–Crippen LogP) is 2.61. The van der Waals surface area contributed by atoms with Crippen LogP contribution in [-0.2, 0) is 16.1 Å². The van der Waals surface area contributed by atoms with Gasteiger partial charge in [-0.2, -0.15) is 0 Å². The van der Waals surface area contributed by atoms with Gasteiger partial charge in [-0.15, -0.1) is 11.3 Å². The molecule has 1 aliphatic heterocycles. The van der Waals surface area contributed by atoms with Crippen molar-refractivity contribution in [1.29, 1.82) is 0 Å². The molecular weight excluding hydrogens is 360 g/mol. The molecule has 0 bridgehead atoms. The van der Waals surface area contributed by atoms with E-state index in [0.717, 1.165) is 4.88 Å². The minimum Gasteiger partial charge on any atom is -0.395 e. The summed E-state index contributed by atoms with van der Waals surface area (Å²) >= 11 is 7.58. The molecule has 0 saturated carbocycles. The summed E-state index contributed by atoms with van der Waals surface area (Å²) in [6.45, 7) is 0.273. The lowest BCUT2D eigenvalue weighted by molar-refractivity contribution is -0.138. The summed E-state index contributed by atoms with van der Waals surface area (Å²) in [6.07, 6.45) is 0. The van der Waals surface area contributed by atoms with Gasteiger partial charge < -0.3 is 10.0 Å². The zero-order chi connectivity index (χ0) is 18.0. The Kier molecular flexibility index (Phi) is 5.22. The van der Waals surface area contributed by atoms with E-state index in [1.54, 1.807) is 30.1 Å². The van der Waals surface area contributed by atoms with Crippen LogP contribution in [0.15, 0.2) is 47.5 Å². The van der Waals surface area contributed by atoms with E-state index in [1.165, 1.54) is 16.2 Å². The number of nitrogens with zero attached hydrogens (tertiary/aromatic N) is 2. The molecule has 5 nitrogen and oxygen atoms in total. The Morgan fingerprint density at radius 1 is 1.16 bits per heavy atom. The van der Waals surface area contributed by atoms with Crippen LogP contribution in [0.2, 0.25) is 5.02 Å². The molecule has 0 radical (unpaired) electrons. The van der Waals surface area contributed by atoms with Gasteiger partial charge in [0.1, 0.15) is 5.70 Å². The maximum Gasteiger partial charge on any atom is 0.278 e. The highest BCUT2D eigenvalue weighted by molar-refractivity contribution is 7.11. The standard InChI is InChI=1S/C18H17ClN2O3S/c1-20(8-9-22)16-15(14-7-4-10-25-14)17(23)21(18(16)24)11-12-5-2-3-6-13(12)19/h2-7,10,22H,8-9,11H2,1H3. The van der Waals surface area contributed by atoms with Crippen LogP contribution in [0.25, 0.3) is 5.57 Å². The summed E-state index contributed by atoms with van der Waals surface area (Å²) in [4.78, 5) is 29.5. The molecule has 0 aliphatic carbocycles. The summed E-state index contributed by atoms with van der Waals surface area (Å²) < 4.78 is 0. The number of amides is 2. The molecule has 2 aromatic rings. The maximum absolute atomic E-state index is 13.0. The van der Waals surface area contributed by atoms with Crippen molar-refractivity contribution in [2.24, 2.45) is 0 Å². The second-order valence-corrected chi connectivity index (χ2v) is 6.99. The van der Waals surface area contributed by atoms with E-state index in [1.807, 2.05) is 23.6 Å². The highest BCUT2D eigenvalue weighted by Gasteiger charge is 2.41. The fraction of sp³-hybridized carbons (Fsp3) is 0.222. The van der Waals surface area contributed by atoms with Crippen LogP contribution in [-0.4, -0.2) is 46.9 Å². The number of imide groups is 1. The Hall–Kier alpha value is -2.15. The van der Waals surface area contributed by atoms with Crippen LogP contribution in [0.1, 0.15) is 10.4 Å². The molecule has 1 aromatic carbocycles. The van der Waals surface area contributed by atoms with E-state index in [4.69, 9.17) is 11.6 Å². The Balaban J connectivity index is 1.99. The molecule has 2 amide bonds. The van der Waals surface area contributed by atoms with E-state index in [-0.39, 0.29) is 31.5 Å².